The van der Waals surface area contributed by atoms with Gasteiger partial charge in [-0.15, -0.1) is 0 Å². The van der Waals surface area contributed by atoms with Crippen LogP contribution in [0.1, 0.15) is 34.6 Å². The summed E-state index contributed by atoms with van der Waals surface area (Å²) < 4.78 is 76.6. The highest BCUT2D eigenvalue weighted by Gasteiger charge is 2.47. The lowest BCUT2D eigenvalue weighted by molar-refractivity contribution is -0.385. The molecule has 0 amide bonds. The molecule has 2 aromatic carbocycles. The number of hydrogen-bond donors (Lipinski definition) is 1. The fraction of sp³-hybridized carbons (Fsp3) is 0.263. The summed E-state index contributed by atoms with van der Waals surface area (Å²) >= 11 is 0. The maximum Gasteiger partial charge on any atom is 0.501 e. The molecule has 0 heterocycles. The Labute approximate surface area is 189 Å². The SMILES string of the molecule is CCOC(=O)c1cc(Oc2ccc(S(=O)(=O)C(F)(F)F)cc2[N+](=O)[O-])c(C(=O)OCC)cc1O. The number of nitrogens with zero attached hydrogens (tertiary/aromatic N) is 1. The van der Waals surface area contributed by atoms with Crippen LogP contribution in [-0.2, 0) is 19.3 Å². The van der Waals surface area contributed by atoms with Crippen molar-refractivity contribution in [1.29, 1.82) is 0 Å². The predicted octanol–water partition coefficient (Wildman–Crippen LogP) is 3.74. The van der Waals surface area contributed by atoms with E-state index in [1.165, 1.54) is 13.8 Å². The van der Waals surface area contributed by atoms with Gasteiger partial charge in [-0.25, -0.2) is 18.0 Å². The summed E-state index contributed by atoms with van der Waals surface area (Å²) in [5.74, 6) is -4.15. The van der Waals surface area contributed by atoms with Crippen LogP contribution in [0.5, 0.6) is 17.2 Å². The molecule has 0 unspecified atom stereocenters. The number of nitro groups is 1. The number of carbonyl (C=O) groups excluding carboxylic acids is 2. The Morgan fingerprint density at radius 3 is 2.06 bits per heavy atom. The van der Waals surface area contributed by atoms with E-state index in [9.17, 15) is 46.4 Å². The monoisotopic (exact) mass is 507 g/mol. The second-order valence-electron chi connectivity index (χ2n) is 6.24. The molecule has 0 saturated heterocycles. The van der Waals surface area contributed by atoms with Crippen LogP contribution in [0, 0.1) is 10.1 Å². The number of alkyl halides is 3. The number of sulfone groups is 1. The van der Waals surface area contributed by atoms with E-state index in [1.54, 1.807) is 0 Å². The number of halogens is 3. The van der Waals surface area contributed by atoms with E-state index < -0.39 is 71.2 Å². The molecule has 0 aliphatic rings. The number of hydrogen-bond acceptors (Lipinski definition) is 10. The van der Waals surface area contributed by atoms with Crippen LogP contribution < -0.4 is 4.74 Å². The van der Waals surface area contributed by atoms with Gasteiger partial charge in [-0.05, 0) is 38.1 Å². The summed E-state index contributed by atoms with van der Waals surface area (Å²) in [5, 5.41) is 21.5. The summed E-state index contributed by atoms with van der Waals surface area (Å²) in [6.45, 7) is 2.71. The van der Waals surface area contributed by atoms with Gasteiger partial charge in [0.1, 0.15) is 22.6 Å². The minimum absolute atomic E-state index is 0.0886. The molecule has 1 N–H and O–H groups in total. The molecule has 0 radical (unpaired) electrons. The summed E-state index contributed by atoms with van der Waals surface area (Å²) in [6, 6.07) is 2.71. The number of phenolic OH excluding ortho intramolecular Hbond substituents is 1. The summed E-state index contributed by atoms with van der Waals surface area (Å²) in [6.07, 6.45) is 0. The Kier molecular flexibility index (Phi) is 7.71. The molecular formula is C19H16F3NO10S. The van der Waals surface area contributed by atoms with Crippen molar-refractivity contribution in [3.05, 3.63) is 51.6 Å². The van der Waals surface area contributed by atoms with Crippen LogP contribution in [0.4, 0.5) is 18.9 Å². The van der Waals surface area contributed by atoms with E-state index in [2.05, 4.69) is 0 Å². The first-order chi connectivity index (χ1) is 15.7. The highest BCUT2D eigenvalue weighted by Crippen LogP contribution is 2.39. The minimum Gasteiger partial charge on any atom is -0.507 e. The molecule has 2 aromatic rings. The van der Waals surface area contributed by atoms with Crippen LogP contribution in [0.3, 0.4) is 0 Å². The second-order valence-corrected chi connectivity index (χ2v) is 8.19. The van der Waals surface area contributed by atoms with Crippen molar-refractivity contribution in [2.45, 2.75) is 24.3 Å². The average molecular weight is 507 g/mol. The number of rotatable bonds is 8. The molecule has 2 rings (SSSR count). The molecule has 184 valence electrons. The Bertz CT molecular complexity index is 1240. The van der Waals surface area contributed by atoms with Gasteiger partial charge in [0.15, 0.2) is 0 Å². The van der Waals surface area contributed by atoms with Crippen molar-refractivity contribution < 1.29 is 55.4 Å². The third-order valence-electron chi connectivity index (χ3n) is 4.05. The van der Waals surface area contributed by atoms with Gasteiger partial charge in [-0.2, -0.15) is 13.2 Å². The average Bonchev–Trinajstić information content (AvgIpc) is 2.74. The summed E-state index contributed by atoms with van der Waals surface area (Å²) in [7, 11) is -5.91. The first kappa shape index (κ1) is 26.4. The fourth-order valence-corrected chi connectivity index (χ4v) is 3.32. The lowest BCUT2D eigenvalue weighted by Gasteiger charge is -2.14. The van der Waals surface area contributed by atoms with E-state index in [0.717, 1.165) is 12.1 Å². The first-order valence-corrected chi connectivity index (χ1v) is 10.7. The van der Waals surface area contributed by atoms with Crippen LogP contribution in [0.25, 0.3) is 0 Å². The van der Waals surface area contributed by atoms with Crippen LogP contribution in [0.15, 0.2) is 35.2 Å². The van der Waals surface area contributed by atoms with Gasteiger partial charge in [0.2, 0.25) is 5.75 Å². The Morgan fingerprint density at radius 1 is 1.00 bits per heavy atom. The van der Waals surface area contributed by atoms with Crippen molar-refractivity contribution in [3.8, 4) is 17.2 Å². The molecule has 0 fully saturated rings. The molecular weight excluding hydrogens is 491 g/mol. The number of phenols is 1. The van der Waals surface area contributed by atoms with Crippen molar-refractivity contribution in [1.82, 2.24) is 0 Å². The number of benzene rings is 2. The maximum absolute atomic E-state index is 12.8. The van der Waals surface area contributed by atoms with E-state index in [1.807, 2.05) is 0 Å². The van der Waals surface area contributed by atoms with E-state index >= 15 is 0 Å². The number of aromatic hydroxyl groups is 1. The molecule has 11 nitrogen and oxygen atoms in total. The first-order valence-electron chi connectivity index (χ1n) is 9.23. The molecule has 34 heavy (non-hydrogen) atoms. The lowest BCUT2D eigenvalue weighted by Crippen LogP contribution is -2.23. The lowest BCUT2D eigenvalue weighted by atomic mass is 10.1. The third-order valence-corrected chi connectivity index (χ3v) is 5.53. The Morgan fingerprint density at radius 2 is 1.56 bits per heavy atom. The quantitative estimate of drug-likeness (QED) is 0.317. The van der Waals surface area contributed by atoms with Crippen LogP contribution in [-0.4, -0.2) is 49.1 Å². The molecule has 0 aliphatic heterocycles. The topological polar surface area (TPSA) is 159 Å². The highest BCUT2D eigenvalue weighted by atomic mass is 32.2. The van der Waals surface area contributed by atoms with E-state index in [0.29, 0.717) is 12.1 Å². The molecule has 0 bridgehead atoms. The van der Waals surface area contributed by atoms with Crippen molar-refractivity contribution in [3.63, 3.8) is 0 Å². The highest BCUT2D eigenvalue weighted by molar-refractivity contribution is 7.92. The number of nitro benzene ring substituents is 1. The van der Waals surface area contributed by atoms with Gasteiger partial charge in [-0.3, -0.25) is 10.1 Å². The number of carbonyl (C=O) groups is 2. The normalized spacial score (nSPS) is 11.6. The molecule has 15 heteroatoms. The number of esters is 2. The van der Waals surface area contributed by atoms with Gasteiger partial charge in [0.05, 0.1) is 23.0 Å². The van der Waals surface area contributed by atoms with E-state index in [4.69, 9.17) is 14.2 Å². The van der Waals surface area contributed by atoms with Crippen molar-refractivity contribution in [2.75, 3.05) is 13.2 Å². The van der Waals surface area contributed by atoms with Crippen molar-refractivity contribution in [2.24, 2.45) is 0 Å². The van der Waals surface area contributed by atoms with Crippen LogP contribution in [0.2, 0.25) is 0 Å². The molecule has 0 aliphatic carbocycles. The zero-order valence-corrected chi connectivity index (χ0v) is 18.2. The fourth-order valence-electron chi connectivity index (χ4n) is 2.54. The largest absolute Gasteiger partial charge is 0.507 e. The zero-order chi connectivity index (χ0) is 25.8. The molecule has 0 aromatic heterocycles. The van der Waals surface area contributed by atoms with Gasteiger partial charge in [0.25, 0.3) is 9.84 Å². The standard InChI is InChI=1S/C19H16F3NO10S/c1-3-31-17(25)11-9-16(12(8-14(11)24)18(26)32-4-2)33-15-6-5-10(7-13(15)23(27)28)34(29,30)19(20,21)22/h5-9,24H,3-4H2,1-2H3. The Balaban J connectivity index is 2.68. The van der Waals surface area contributed by atoms with Gasteiger partial charge >= 0.3 is 23.1 Å². The van der Waals surface area contributed by atoms with Gasteiger partial charge < -0.3 is 19.3 Å². The zero-order valence-electron chi connectivity index (χ0n) is 17.4. The number of ether oxygens (including phenoxy) is 3. The maximum atomic E-state index is 12.8. The molecule has 0 spiro atoms. The predicted molar refractivity (Wildman–Crippen MR) is 106 cm³/mol. The smallest absolute Gasteiger partial charge is 0.501 e. The second kappa shape index (κ2) is 9.94. The molecule has 0 saturated carbocycles. The van der Waals surface area contributed by atoms with Gasteiger partial charge in [-0.1, -0.05) is 0 Å². The Hall–Kier alpha value is -3.88. The summed E-state index contributed by atoms with van der Waals surface area (Å²) in [5.41, 5.74) is -7.89. The van der Waals surface area contributed by atoms with Crippen LogP contribution >= 0.6 is 0 Å². The van der Waals surface area contributed by atoms with Gasteiger partial charge in [0, 0.05) is 6.07 Å². The minimum atomic E-state index is -5.91. The van der Waals surface area contributed by atoms with Crippen molar-refractivity contribution >= 4 is 27.5 Å². The van der Waals surface area contributed by atoms with E-state index in [-0.39, 0.29) is 19.3 Å². The summed E-state index contributed by atoms with van der Waals surface area (Å²) in [4.78, 5) is 33.1. The molecule has 0 atom stereocenters. The third kappa shape index (κ3) is 5.36.